The van der Waals surface area contributed by atoms with Gasteiger partial charge in [0.2, 0.25) is 0 Å². The summed E-state index contributed by atoms with van der Waals surface area (Å²) in [5.74, 6) is -0.763. The van der Waals surface area contributed by atoms with Crippen LogP contribution >= 0.6 is 0 Å². The Bertz CT molecular complexity index is 992. The van der Waals surface area contributed by atoms with E-state index in [1.54, 1.807) is 13.1 Å². The second-order valence-electron chi connectivity index (χ2n) is 5.82. The number of rotatable bonds is 2. The minimum absolute atomic E-state index is 0.284. The lowest BCUT2D eigenvalue weighted by Crippen LogP contribution is -2.23. The molecule has 7 nitrogen and oxygen atoms in total. The zero-order chi connectivity index (χ0) is 18.1. The molecule has 3 rings (SSSR count). The molecule has 0 fully saturated rings. The number of hydrogen-bond acceptors (Lipinski definition) is 5. The summed E-state index contributed by atoms with van der Waals surface area (Å²) in [5.41, 5.74) is 4.21. The number of dihydropyridines is 1. The van der Waals surface area contributed by atoms with Crippen LogP contribution in [0.1, 0.15) is 35.8 Å². The van der Waals surface area contributed by atoms with Gasteiger partial charge in [-0.15, -0.1) is 0 Å². The van der Waals surface area contributed by atoms with Crippen molar-refractivity contribution in [3.63, 3.8) is 0 Å². The van der Waals surface area contributed by atoms with E-state index in [2.05, 4.69) is 33.0 Å². The van der Waals surface area contributed by atoms with E-state index in [9.17, 15) is 15.3 Å². The molecule has 2 heterocycles. The van der Waals surface area contributed by atoms with E-state index in [4.69, 9.17) is 0 Å². The first kappa shape index (κ1) is 16.3. The van der Waals surface area contributed by atoms with Crippen LogP contribution in [-0.4, -0.2) is 23.2 Å². The molecule has 25 heavy (non-hydrogen) atoms. The predicted octanol–water partition coefficient (Wildman–Crippen LogP) is 2.20. The van der Waals surface area contributed by atoms with E-state index < -0.39 is 5.92 Å². The molecule has 0 bridgehead atoms. The molecule has 7 heteroatoms. The van der Waals surface area contributed by atoms with Gasteiger partial charge >= 0.3 is 0 Å². The lowest BCUT2D eigenvalue weighted by atomic mass is 9.81. The molecule has 124 valence electrons. The largest absolute Gasteiger partial charge is 0.361 e. The third-order valence-corrected chi connectivity index (χ3v) is 4.36. The SMILES string of the molecule is CNC(=O)c1n[nH]c2ccc(C3C(C#N)=C(C)NC(C)=C3C#N)cc12. The van der Waals surface area contributed by atoms with Crippen LogP contribution in [0, 0.1) is 22.7 Å². The van der Waals surface area contributed by atoms with E-state index in [1.165, 1.54) is 0 Å². The van der Waals surface area contributed by atoms with Gasteiger partial charge in [0, 0.05) is 23.8 Å². The number of nitrogens with zero attached hydrogens (tertiary/aromatic N) is 3. The zero-order valence-electron chi connectivity index (χ0n) is 14.1. The van der Waals surface area contributed by atoms with Gasteiger partial charge in [-0.2, -0.15) is 15.6 Å². The summed E-state index contributed by atoms with van der Waals surface area (Å²) in [5, 5.41) is 32.3. The van der Waals surface area contributed by atoms with Crippen LogP contribution in [0.4, 0.5) is 0 Å². The van der Waals surface area contributed by atoms with Crippen LogP contribution in [0.25, 0.3) is 10.9 Å². The number of carbonyl (C=O) groups is 1. The molecule has 0 saturated carbocycles. The molecular weight excluding hydrogens is 316 g/mol. The van der Waals surface area contributed by atoms with Crippen LogP contribution in [0.5, 0.6) is 0 Å². The van der Waals surface area contributed by atoms with Crippen molar-refractivity contribution in [3.05, 3.63) is 52.0 Å². The van der Waals surface area contributed by atoms with E-state index in [1.807, 2.05) is 26.0 Å². The minimum atomic E-state index is -0.465. The number of aromatic amines is 1. The Balaban J connectivity index is 2.23. The van der Waals surface area contributed by atoms with Gasteiger partial charge in [0.1, 0.15) is 0 Å². The lowest BCUT2D eigenvalue weighted by Gasteiger charge is -2.26. The Morgan fingerprint density at radius 3 is 2.40 bits per heavy atom. The molecule has 1 aliphatic rings. The molecule has 0 saturated heterocycles. The van der Waals surface area contributed by atoms with Gasteiger partial charge in [-0.05, 0) is 31.5 Å². The van der Waals surface area contributed by atoms with Crippen molar-refractivity contribution < 1.29 is 4.79 Å². The molecule has 0 atom stereocenters. The predicted molar refractivity (Wildman–Crippen MR) is 92.0 cm³/mol. The van der Waals surface area contributed by atoms with E-state index in [-0.39, 0.29) is 11.6 Å². The van der Waals surface area contributed by atoms with E-state index >= 15 is 0 Å². The highest BCUT2D eigenvalue weighted by Crippen LogP contribution is 2.38. The maximum atomic E-state index is 12.0. The second kappa shape index (κ2) is 6.14. The highest BCUT2D eigenvalue weighted by molar-refractivity contribution is 6.04. The van der Waals surface area contributed by atoms with Crippen LogP contribution < -0.4 is 10.6 Å². The number of nitriles is 2. The van der Waals surface area contributed by atoms with Crippen LogP contribution in [-0.2, 0) is 0 Å². The normalized spacial score (nSPS) is 14.9. The quantitative estimate of drug-likeness (QED) is 0.779. The fourth-order valence-corrected chi connectivity index (χ4v) is 3.13. The van der Waals surface area contributed by atoms with Gasteiger partial charge in [-0.25, -0.2) is 0 Å². The molecule has 0 aliphatic carbocycles. The third-order valence-electron chi connectivity index (χ3n) is 4.36. The average Bonchev–Trinajstić information content (AvgIpc) is 3.03. The summed E-state index contributed by atoms with van der Waals surface area (Å²) in [4.78, 5) is 12.0. The monoisotopic (exact) mass is 332 g/mol. The lowest BCUT2D eigenvalue weighted by molar-refractivity contribution is 0.0959. The fraction of sp³-hybridized carbons (Fsp3) is 0.222. The second-order valence-corrected chi connectivity index (χ2v) is 5.82. The first-order valence-electron chi connectivity index (χ1n) is 7.70. The number of aromatic nitrogens is 2. The summed E-state index contributed by atoms with van der Waals surface area (Å²) in [6.45, 7) is 3.63. The number of H-pyrrole nitrogens is 1. The third kappa shape index (κ3) is 2.52. The fourth-order valence-electron chi connectivity index (χ4n) is 3.13. The number of hydrogen-bond donors (Lipinski definition) is 3. The van der Waals surface area contributed by atoms with Crippen LogP contribution in [0.15, 0.2) is 40.7 Å². The minimum Gasteiger partial charge on any atom is -0.361 e. The van der Waals surface area contributed by atoms with E-state index in [0.29, 0.717) is 16.5 Å². The van der Waals surface area contributed by atoms with Crippen molar-refractivity contribution in [1.82, 2.24) is 20.8 Å². The van der Waals surface area contributed by atoms with Crippen LogP contribution in [0.3, 0.4) is 0 Å². The molecule has 2 aromatic rings. The van der Waals surface area contributed by atoms with Gasteiger partial charge in [0.15, 0.2) is 5.69 Å². The standard InChI is InChI=1S/C18H16N6O/c1-9-13(7-19)16(14(8-20)10(2)22-9)11-4-5-15-12(6-11)17(24-23-15)18(25)21-3/h4-6,16,22H,1-3H3,(H,21,25)(H,23,24). The Morgan fingerprint density at radius 2 is 1.84 bits per heavy atom. The highest BCUT2D eigenvalue weighted by Gasteiger charge is 2.29. The number of nitrogens with one attached hydrogen (secondary N) is 3. The molecule has 0 spiro atoms. The summed E-state index contributed by atoms with van der Waals surface area (Å²) >= 11 is 0. The number of amides is 1. The Labute approximate surface area is 144 Å². The maximum absolute atomic E-state index is 12.0. The number of allylic oxidation sites excluding steroid dienone is 4. The molecule has 1 aliphatic heterocycles. The molecule has 3 N–H and O–H groups in total. The molecule has 1 amide bonds. The Morgan fingerprint density at radius 1 is 1.20 bits per heavy atom. The van der Waals surface area contributed by atoms with Crippen molar-refractivity contribution in [2.45, 2.75) is 19.8 Å². The van der Waals surface area contributed by atoms with E-state index in [0.717, 1.165) is 22.5 Å². The molecule has 1 aromatic carbocycles. The number of fused-ring (bicyclic) bond motifs is 1. The average molecular weight is 332 g/mol. The first-order chi connectivity index (χ1) is 12.0. The van der Waals surface area contributed by atoms with Gasteiger partial charge in [0.05, 0.1) is 34.7 Å². The van der Waals surface area contributed by atoms with Gasteiger partial charge in [-0.1, -0.05) is 6.07 Å². The van der Waals surface area contributed by atoms with Crippen molar-refractivity contribution in [1.29, 1.82) is 10.5 Å². The molecular formula is C18H16N6O. The summed E-state index contributed by atoms with van der Waals surface area (Å²) < 4.78 is 0. The molecule has 1 aromatic heterocycles. The summed E-state index contributed by atoms with van der Waals surface area (Å²) in [7, 11) is 1.54. The maximum Gasteiger partial charge on any atom is 0.272 e. The van der Waals surface area contributed by atoms with Crippen LogP contribution in [0.2, 0.25) is 0 Å². The van der Waals surface area contributed by atoms with Crippen molar-refractivity contribution in [2.24, 2.45) is 0 Å². The molecule has 0 radical (unpaired) electrons. The zero-order valence-corrected chi connectivity index (χ0v) is 14.1. The Hall–Kier alpha value is -3.58. The summed E-state index contributed by atoms with van der Waals surface area (Å²) in [6, 6.07) is 9.88. The van der Waals surface area contributed by atoms with Crippen molar-refractivity contribution in [3.8, 4) is 12.1 Å². The van der Waals surface area contributed by atoms with Gasteiger partial charge in [-0.3, -0.25) is 9.89 Å². The van der Waals surface area contributed by atoms with Crippen molar-refractivity contribution >= 4 is 16.8 Å². The summed E-state index contributed by atoms with van der Waals surface area (Å²) in [6.07, 6.45) is 0. The first-order valence-corrected chi connectivity index (χ1v) is 7.70. The van der Waals surface area contributed by atoms with Gasteiger partial charge in [0.25, 0.3) is 5.91 Å². The molecule has 0 unspecified atom stereocenters. The topological polar surface area (TPSA) is 117 Å². The highest BCUT2D eigenvalue weighted by atomic mass is 16.1. The Kier molecular flexibility index (Phi) is 4.00. The van der Waals surface area contributed by atoms with Gasteiger partial charge < -0.3 is 10.6 Å². The smallest absolute Gasteiger partial charge is 0.272 e. The number of carbonyl (C=O) groups excluding carboxylic acids is 1. The van der Waals surface area contributed by atoms with Crippen molar-refractivity contribution in [2.75, 3.05) is 7.05 Å². The number of benzene rings is 1.